The highest BCUT2D eigenvalue weighted by atomic mass is 32.1. The summed E-state index contributed by atoms with van der Waals surface area (Å²) in [5.74, 6) is -0.166. The van der Waals surface area contributed by atoms with Crippen LogP contribution in [0.2, 0.25) is 0 Å². The Morgan fingerprint density at radius 2 is 1.57 bits per heavy atom. The van der Waals surface area contributed by atoms with Crippen LogP contribution in [0.4, 0.5) is 0 Å². The molecular formula is C25H24N2O2S. The van der Waals surface area contributed by atoms with Crippen LogP contribution in [0.5, 0.6) is 0 Å². The van der Waals surface area contributed by atoms with Gasteiger partial charge in [0.2, 0.25) is 0 Å². The van der Waals surface area contributed by atoms with E-state index in [1.807, 2.05) is 43.3 Å². The number of fused-ring (bicyclic) bond motifs is 1. The van der Waals surface area contributed by atoms with Gasteiger partial charge in [-0.3, -0.25) is 19.4 Å². The van der Waals surface area contributed by atoms with Crippen molar-refractivity contribution >= 4 is 22.9 Å². The second kappa shape index (κ2) is 7.58. The number of benzene rings is 2. The molecule has 0 amide bonds. The molecule has 1 fully saturated rings. The molecular weight excluding hydrogens is 392 g/mol. The number of thiophene rings is 1. The molecule has 1 aromatic heterocycles. The standard InChI is InChI=1S/C25H24N2O2S/c1-18-6-4-7-19(16-18)25(23(28)21-9-2-3-10-22(21)24(25)29)27-13-11-26(12-14-27)17-20-8-5-15-30-20/h2-10,15-16H,11-14,17H2,1H3. The minimum absolute atomic E-state index is 0.0830. The summed E-state index contributed by atoms with van der Waals surface area (Å²) in [6, 6.07) is 19.4. The van der Waals surface area contributed by atoms with E-state index in [9.17, 15) is 9.59 Å². The average molecular weight is 417 g/mol. The van der Waals surface area contributed by atoms with Gasteiger partial charge in [-0.2, -0.15) is 0 Å². The number of carbonyl (C=O) groups is 2. The summed E-state index contributed by atoms with van der Waals surface area (Å²) >= 11 is 1.77. The molecule has 0 atom stereocenters. The van der Waals surface area contributed by atoms with Gasteiger partial charge in [-0.1, -0.05) is 60.2 Å². The maximum Gasteiger partial charge on any atom is 0.196 e. The smallest absolute Gasteiger partial charge is 0.196 e. The third-order valence-corrected chi connectivity index (χ3v) is 7.18. The van der Waals surface area contributed by atoms with Crippen LogP contribution >= 0.6 is 11.3 Å². The largest absolute Gasteiger partial charge is 0.296 e. The van der Waals surface area contributed by atoms with E-state index >= 15 is 0 Å². The van der Waals surface area contributed by atoms with Crippen molar-refractivity contribution in [3.05, 3.63) is 93.2 Å². The highest BCUT2D eigenvalue weighted by molar-refractivity contribution is 7.09. The minimum Gasteiger partial charge on any atom is -0.296 e. The van der Waals surface area contributed by atoms with Gasteiger partial charge in [0.15, 0.2) is 17.1 Å². The predicted octanol–water partition coefficient (Wildman–Crippen LogP) is 4.15. The van der Waals surface area contributed by atoms with Gasteiger partial charge in [0.25, 0.3) is 0 Å². The van der Waals surface area contributed by atoms with E-state index in [-0.39, 0.29) is 11.6 Å². The Bertz CT molecular complexity index is 1060. The van der Waals surface area contributed by atoms with E-state index in [0.717, 1.165) is 30.8 Å². The number of rotatable bonds is 4. The van der Waals surface area contributed by atoms with Crippen LogP contribution < -0.4 is 0 Å². The van der Waals surface area contributed by atoms with Gasteiger partial charge >= 0.3 is 0 Å². The highest BCUT2D eigenvalue weighted by Crippen LogP contribution is 2.43. The molecule has 2 aliphatic rings. The number of piperazine rings is 1. The first-order valence-electron chi connectivity index (χ1n) is 10.4. The lowest BCUT2D eigenvalue weighted by atomic mass is 9.82. The van der Waals surface area contributed by atoms with E-state index in [1.165, 1.54) is 4.88 Å². The summed E-state index contributed by atoms with van der Waals surface area (Å²) < 4.78 is 0. The number of Topliss-reactive ketones (excluding diaryl/α,β-unsaturated/α-hetero) is 2. The van der Waals surface area contributed by atoms with Crippen molar-refractivity contribution in [2.45, 2.75) is 19.0 Å². The highest BCUT2D eigenvalue weighted by Gasteiger charge is 2.58. The van der Waals surface area contributed by atoms with Crippen molar-refractivity contribution < 1.29 is 9.59 Å². The molecule has 152 valence electrons. The third kappa shape index (κ3) is 2.97. The first kappa shape index (κ1) is 19.4. The summed E-state index contributed by atoms with van der Waals surface area (Å²) in [5, 5.41) is 2.10. The summed E-state index contributed by atoms with van der Waals surface area (Å²) in [5.41, 5.74) is 1.69. The predicted molar refractivity (Wildman–Crippen MR) is 119 cm³/mol. The van der Waals surface area contributed by atoms with Crippen LogP contribution in [0.3, 0.4) is 0 Å². The van der Waals surface area contributed by atoms with E-state index < -0.39 is 5.54 Å². The molecule has 0 radical (unpaired) electrons. The van der Waals surface area contributed by atoms with E-state index in [2.05, 4.69) is 27.3 Å². The molecule has 1 saturated heterocycles. The third-order valence-electron chi connectivity index (χ3n) is 6.32. The molecule has 2 aromatic carbocycles. The molecule has 0 saturated carbocycles. The fraction of sp³-hybridized carbons (Fsp3) is 0.280. The first-order chi connectivity index (χ1) is 14.6. The van der Waals surface area contributed by atoms with Crippen LogP contribution in [0.25, 0.3) is 0 Å². The van der Waals surface area contributed by atoms with Crippen LogP contribution in [0, 0.1) is 6.92 Å². The molecule has 2 heterocycles. The SMILES string of the molecule is Cc1cccc(C2(N3CCN(Cc4cccs4)CC3)C(=O)c3ccccc3C2=O)c1. The first-order valence-corrected chi connectivity index (χ1v) is 11.2. The van der Waals surface area contributed by atoms with Crippen molar-refractivity contribution in [3.8, 4) is 0 Å². The van der Waals surface area contributed by atoms with Crippen LogP contribution in [0.15, 0.2) is 66.0 Å². The zero-order valence-electron chi connectivity index (χ0n) is 17.0. The van der Waals surface area contributed by atoms with Gasteiger partial charge in [-0.05, 0) is 23.9 Å². The molecule has 4 nitrogen and oxygen atoms in total. The minimum atomic E-state index is -1.25. The Hall–Kier alpha value is -2.60. The lowest BCUT2D eigenvalue weighted by molar-refractivity contribution is 0.0280. The summed E-state index contributed by atoms with van der Waals surface area (Å²) in [4.78, 5) is 33.5. The Morgan fingerprint density at radius 3 is 2.17 bits per heavy atom. The summed E-state index contributed by atoms with van der Waals surface area (Å²) in [6.45, 7) is 5.97. The summed E-state index contributed by atoms with van der Waals surface area (Å²) in [6.07, 6.45) is 0. The van der Waals surface area contributed by atoms with Gasteiger partial charge in [-0.25, -0.2) is 0 Å². The second-order valence-corrected chi connectivity index (χ2v) is 9.16. The van der Waals surface area contributed by atoms with Gasteiger partial charge < -0.3 is 0 Å². The zero-order valence-corrected chi connectivity index (χ0v) is 17.8. The monoisotopic (exact) mass is 416 g/mol. The molecule has 5 rings (SSSR count). The van der Waals surface area contributed by atoms with Crippen molar-refractivity contribution in [3.63, 3.8) is 0 Å². The fourth-order valence-electron chi connectivity index (χ4n) is 4.84. The average Bonchev–Trinajstić information content (AvgIpc) is 3.35. The van der Waals surface area contributed by atoms with E-state index in [4.69, 9.17) is 0 Å². The molecule has 0 unspecified atom stereocenters. The van der Waals surface area contributed by atoms with Gasteiger partial charge in [0.05, 0.1) is 0 Å². The van der Waals surface area contributed by atoms with Crippen molar-refractivity contribution in [1.29, 1.82) is 0 Å². The fourth-order valence-corrected chi connectivity index (χ4v) is 5.58. The number of hydrogen-bond donors (Lipinski definition) is 0. The molecule has 0 N–H and O–H groups in total. The zero-order chi connectivity index (χ0) is 20.7. The topological polar surface area (TPSA) is 40.6 Å². The maximum atomic E-state index is 13.8. The van der Waals surface area contributed by atoms with Crippen LogP contribution in [0.1, 0.15) is 36.7 Å². The second-order valence-electron chi connectivity index (χ2n) is 8.13. The van der Waals surface area contributed by atoms with Crippen molar-refractivity contribution in [1.82, 2.24) is 9.80 Å². The lowest BCUT2D eigenvalue weighted by Crippen LogP contribution is -2.60. The molecule has 0 bridgehead atoms. The Morgan fingerprint density at radius 1 is 0.867 bits per heavy atom. The van der Waals surface area contributed by atoms with Gasteiger partial charge in [-0.15, -0.1) is 11.3 Å². The molecule has 1 aliphatic carbocycles. The molecule has 0 spiro atoms. The number of carbonyl (C=O) groups excluding carboxylic acids is 2. The number of ketones is 2. The molecule has 5 heteroatoms. The van der Waals surface area contributed by atoms with Crippen LogP contribution in [-0.4, -0.2) is 47.5 Å². The summed E-state index contributed by atoms with van der Waals surface area (Å²) in [7, 11) is 0. The number of hydrogen-bond acceptors (Lipinski definition) is 5. The molecule has 30 heavy (non-hydrogen) atoms. The quantitative estimate of drug-likeness (QED) is 0.599. The van der Waals surface area contributed by atoms with Gasteiger partial charge in [0, 0.05) is 48.7 Å². The molecule has 3 aromatic rings. The molecule has 1 aliphatic heterocycles. The van der Waals surface area contributed by atoms with E-state index in [0.29, 0.717) is 24.2 Å². The normalized spacial score (nSPS) is 19.2. The van der Waals surface area contributed by atoms with Gasteiger partial charge in [0.1, 0.15) is 0 Å². The lowest BCUT2D eigenvalue weighted by Gasteiger charge is -2.44. The number of aryl methyl sites for hydroxylation is 1. The van der Waals surface area contributed by atoms with E-state index in [1.54, 1.807) is 23.5 Å². The Balaban J connectivity index is 1.51. The van der Waals surface area contributed by atoms with Crippen molar-refractivity contribution in [2.24, 2.45) is 0 Å². The van der Waals surface area contributed by atoms with Crippen molar-refractivity contribution in [2.75, 3.05) is 26.2 Å². The maximum absolute atomic E-state index is 13.8. The number of nitrogens with zero attached hydrogens (tertiary/aromatic N) is 2. The Kier molecular flexibility index (Phi) is 4.89. The van der Waals surface area contributed by atoms with Crippen LogP contribution in [-0.2, 0) is 12.1 Å². The Labute approximate surface area is 180 Å².